The van der Waals surface area contributed by atoms with Gasteiger partial charge in [-0.05, 0) is 31.2 Å². The Balaban J connectivity index is 1.57. The first kappa shape index (κ1) is 19.2. The molecule has 3 rings (SSSR count). The molecular weight excluding hydrogens is 430 g/mol. The number of nitrogens with zero attached hydrogens (tertiary/aromatic N) is 3. The van der Waals surface area contributed by atoms with Gasteiger partial charge >= 0.3 is 0 Å². The van der Waals surface area contributed by atoms with Crippen LogP contribution in [0.15, 0.2) is 63.1 Å². The predicted octanol–water partition coefficient (Wildman–Crippen LogP) is 5.15. The van der Waals surface area contributed by atoms with Gasteiger partial charge in [-0.1, -0.05) is 57.5 Å². The molecule has 0 atom stereocenters. The maximum absolute atomic E-state index is 12.3. The molecule has 0 aliphatic rings. The SMILES string of the molecule is Cc1ccc(SCc2nnc(SCC(=O)c3ccc(Br)cc3)n2C)cc1. The summed E-state index contributed by atoms with van der Waals surface area (Å²) in [6, 6.07) is 15.8. The van der Waals surface area contributed by atoms with E-state index in [9.17, 15) is 4.79 Å². The zero-order valence-corrected chi connectivity index (χ0v) is 17.7. The minimum absolute atomic E-state index is 0.0843. The van der Waals surface area contributed by atoms with Crippen molar-refractivity contribution in [3.8, 4) is 0 Å². The summed E-state index contributed by atoms with van der Waals surface area (Å²) >= 11 is 6.52. The van der Waals surface area contributed by atoms with Crippen molar-refractivity contribution in [2.24, 2.45) is 7.05 Å². The third-order valence-corrected chi connectivity index (χ3v) is 6.37. The van der Waals surface area contributed by atoms with Crippen LogP contribution in [-0.4, -0.2) is 26.3 Å². The second kappa shape index (κ2) is 8.88. The van der Waals surface area contributed by atoms with Gasteiger partial charge < -0.3 is 4.57 Å². The van der Waals surface area contributed by atoms with Crippen LogP contribution in [0.3, 0.4) is 0 Å². The highest BCUT2D eigenvalue weighted by Crippen LogP contribution is 2.24. The number of thioether (sulfide) groups is 2. The fourth-order valence-corrected chi connectivity index (χ4v) is 4.19. The van der Waals surface area contributed by atoms with Crippen LogP contribution >= 0.6 is 39.5 Å². The number of rotatable bonds is 7. The molecule has 0 amide bonds. The number of Topliss-reactive ketones (excluding diaryl/α,β-unsaturated/α-hetero) is 1. The van der Waals surface area contributed by atoms with E-state index in [0.717, 1.165) is 21.2 Å². The average molecular weight is 448 g/mol. The molecule has 7 heteroatoms. The van der Waals surface area contributed by atoms with Crippen molar-refractivity contribution >= 4 is 45.2 Å². The number of carbonyl (C=O) groups is 1. The second-order valence-electron chi connectivity index (χ2n) is 5.78. The van der Waals surface area contributed by atoms with Gasteiger partial charge in [0.15, 0.2) is 10.9 Å². The van der Waals surface area contributed by atoms with E-state index >= 15 is 0 Å². The van der Waals surface area contributed by atoms with Crippen LogP contribution in [0.1, 0.15) is 21.7 Å². The number of hydrogen-bond acceptors (Lipinski definition) is 5. The first-order chi connectivity index (χ1) is 12.5. The van der Waals surface area contributed by atoms with E-state index in [-0.39, 0.29) is 5.78 Å². The lowest BCUT2D eigenvalue weighted by Crippen LogP contribution is -2.04. The largest absolute Gasteiger partial charge is 0.308 e. The zero-order valence-electron chi connectivity index (χ0n) is 14.5. The molecule has 0 spiro atoms. The monoisotopic (exact) mass is 447 g/mol. The summed E-state index contributed by atoms with van der Waals surface area (Å²) in [7, 11) is 1.94. The summed E-state index contributed by atoms with van der Waals surface area (Å²) < 4.78 is 2.92. The van der Waals surface area contributed by atoms with E-state index in [1.54, 1.807) is 11.8 Å². The van der Waals surface area contributed by atoms with E-state index in [0.29, 0.717) is 11.3 Å². The first-order valence-corrected chi connectivity index (χ1v) is 10.8. The Hall–Kier alpha value is -1.57. The summed E-state index contributed by atoms with van der Waals surface area (Å²) in [6.45, 7) is 2.08. The van der Waals surface area contributed by atoms with Crippen molar-refractivity contribution in [2.75, 3.05) is 5.75 Å². The van der Waals surface area contributed by atoms with E-state index < -0.39 is 0 Å². The molecule has 0 saturated carbocycles. The van der Waals surface area contributed by atoms with E-state index in [4.69, 9.17) is 0 Å². The Kier molecular flexibility index (Phi) is 6.56. The summed E-state index contributed by atoms with van der Waals surface area (Å²) in [5, 5.41) is 9.25. The molecule has 2 aromatic carbocycles. The van der Waals surface area contributed by atoms with Gasteiger partial charge in [0.2, 0.25) is 0 Å². The first-order valence-electron chi connectivity index (χ1n) is 8.02. The Morgan fingerprint density at radius 3 is 2.42 bits per heavy atom. The number of ketones is 1. The minimum atomic E-state index is 0.0843. The molecule has 0 aliphatic heterocycles. The highest BCUT2D eigenvalue weighted by molar-refractivity contribution is 9.10. The average Bonchev–Trinajstić information content (AvgIpc) is 3.00. The van der Waals surface area contributed by atoms with Crippen LogP contribution in [0.4, 0.5) is 0 Å². The zero-order chi connectivity index (χ0) is 18.5. The van der Waals surface area contributed by atoms with Crippen LogP contribution in [0.5, 0.6) is 0 Å². The third-order valence-electron chi connectivity index (χ3n) is 3.81. The summed E-state index contributed by atoms with van der Waals surface area (Å²) in [6.07, 6.45) is 0. The minimum Gasteiger partial charge on any atom is -0.308 e. The molecule has 1 heterocycles. The number of benzene rings is 2. The molecule has 0 saturated heterocycles. The molecule has 134 valence electrons. The third kappa shape index (κ3) is 4.99. The highest BCUT2D eigenvalue weighted by Gasteiger charge is 2.13. The quantitative estimate of drug-likeness (QED) is 0.370. The Morgan fingerprint density at radius 1 is 1.04 bits per heavy atom. The maximum atomic E-state index is 12.3. The van der Waals surface area contributed by atoms with Gasteiger partial charge in [0.25, 0.3) is 0 Å². The van der Waals surface area contributed by atoms with Gasteiger partial charge in [-0.25, -0.2) is 0 Å². The summed E-state index contributed by atoms with van der Waals surface area (Å²) in [5.41, 5.74) is 1.96. The van der Waals surface area contributed by atoms with Crippen molar-refractivity contribution in [1.82, 2.24) is 14.8 Å². The molecule has 26 heavy (non-hydrogen) atoms. The van der Waals surface area contributed by atoms with Crippen LogP contribution in [0.25, 0.3) is 0 Å². The van der Waals surface area contributed by atoms with Gasteiger partial charge in [0.05, 0.1) is 11.5 Å². The Bertz CT molecular complexity index is 892. The topological polar surface area (TPSA) is 47.8 Å². The Morgan fingerprint density at radius 2 is 1.73 bits per heavy atom. The molecule has 1 aromatic heterocycles. The number of carbonyl (C=O) groups excluding carboxylic acids is 1. The number of hydrogen-bond donors (Lipinski definition) is 0. The lowest BCUT2D eigenvalue weighted by molar-refractivity contribution is 0.102. The number of aryl methyl sites for hydroxylation is 1. The molecule has 0 unspecified atom stereocenters. The molecule has 0 fully saturated rings. The van der Waals surface area contributed by atoms with Crippen molar-refractivity contribution < 1.29 is 4.79 Å². The standard InChI is InChI=1S/C19H18BrN3OS2/c1-13-3-9-16(10-4-13)25-12-18-21-22-19(23(18)2)26-11-17(24)14-5-7-15(20)8-6-14/h3-10H,11-12H2,1-2H3. The van der Waals surface area contributed by atoms with Crippen molar-refractivity contribution in [3.63, 3.8) is 0 Å². The normalized spacial score (nSPS) is 10.9. The molecule has 0 bridgehead atoms. The Labute approximate surface area is 169 Å². The highest BCUT2D eigenvalue weighted by atomic mass is 79.9. The number of aromatic nitrogens is 3. The smallest absolute Gasteiger partial charge is 0.191 e. The lowest BCUT2D eigenvalue weighted by atomic mass is 10.2. The fraction of sp³-hybridized carbons (Fsp3) is 0.211. The van der Waals surface area contributed by atoms with Gasteiger partial charge in [0.1, 0.15) is 5.82 Å². The van der Waals surface area contributed by atoms with Crippen LogP contribution in [-0.2, 0) is 12.8 Å². The molecule has 4 nitrogen and oxygen atoms in total. The van der Waals surface area contributed by atoms with Gasteiger partial charge in [0, 0.05) is 22.0 Å². The van der Waals surface area contributed by atoms with Crippen LogP contribution in [0, 0.1) is 6.92 Å². The lowest BCUT2D eigenvalue weighted by Gasteiger charge is -2.04. The van der Waals surface area contributed by atoms with Crippen LogP contribution in [0.2, 0.25) is 0 Å². The predicted molar refractivity (Wildman–Crippen MR) is 111 cm³/mol. The van der Waals surface area contributed by atoms with Crippen molar-refractivity contribution in [3.05, 3.63) is 70.0 Å². The van der Waals surface area contributed by atoms with Crippen LogP contribution < -0.4 is 0 Å². The summed E-state index contributed by atoms with van der Waals surface area (Å²) in [5.74, 6) is 2.07. The molecule has 0 N–H and O–H groups in total. The fourth-order valence-electron chi connectivity index (χ4n) is 2.23. The molecular formula is C19H18BrN3OS2. The van der Waals surface area contributed by atoms with E-state index in [2.05, 4.69) is 57.3 Å². The molecule has 0 radical (unpaired) electrons. The number of halogens is 1. The summed E-state index contributed by atoms with van der Waals surface area (Å²) in [4.78, 5) is 13.5. The molecule has 0 aliphatic carbocycles. The van der Waals surface area contributed by atoms with Gasteiger partial charge in [-0.15, -0.1) is 22.0 Å². The van der Waals surface area contributed by atoms with Gasteiger partial charge in [-0.2, -0.15) is 0 Å². The van der Waals surface area contributed by atoms with Crippen molar-refractivity contribution in [1.29, 1.82) is 0 Å². The van der Waals surface area contributed by atoms with Crippen molar-refractivity contribution in [2.45, 2.75) is 22.7 Å². The van der Waals surface area contributed by atoms with Gasteiger partial charge in [-0.3, -0.25) is 4.79 Å². The maximum Gasteiger partial charge on any atom is 0.191 e. The van der Waals surface area contributed by atoms with E-state index in [1.807, 2.05) is 35.9 Å². The molecule has 3 aromatic rings. The second-order valence-corrected chi connectivity index (χ2v) is 8.69. The van der Waals surface area contributed by atoms with E-state index in [1.165, 1.54) is 22.2 Å².